The molecule has 1 fully saturated rings. The number of likely N-dealkylation sites (tertiary alicyclic amines) is 1. The minimum atomic E-state index is -2.48. The van der Waals surface area contributed by atoms with Crippen LogP contribution < -0.4 is 0 Å². The maximum absolute atomic E-state index is 12.1. The van der Waals surface area contributed by atoms with Gasteiger partial charge in [0.25, 0.3) is 5.76 Å². The molecule has 0 bridgehead atoms. The molecule has 2 rings (SSSR count). The Kier molecular flexibility index (Phi) is 3.45. The molecule has 0 saturated carbocycles. The predicted octanol–water partition coefficient (Wildman–Crippen LogP) is 2.18. The third-order valence-corrected chi connectivity index (χ3v) is 3.51. The third-order valence-electron chi connectivity index (χ3n) is 2.79. The van der Waals surface area contributed by atoms with Gasteiger partial charge in [0.15, 0.2) is 0 Å². The van der Waals surface area contributed by atoms with E-state index in [4.69, 9.17) is 5.11 Å². The van der Waals surface area contributed by atoms with Crippen LogP contribution in [0.2, 0.25) is 0 Å². The Bertz CT molecular complexity index is 446. The molecule has 4 nitrogen and oxygen atoms in total. The van der Waals surface area contributed by atoms with Crippen molar-refractivity contribution in [3.63, 3.8) is 0 Å². The fraction of sp³-hybridized carbons (Fsp3) is 0.364. The Balaban J connectivity index is 2.04. The minimum absolute atomic E-state index is 0.00364. The number of nitrogens with zero attached hydrogens (tertiary/aromatic N) is 1. The lowest BCUT2D eigenvalue weighted by Crippen LogP contribution is -2.60. The van der Waals surface area contributed by atoms with Gasteiger partial charge in [0.2, 0.25) is 0 Å². The summed E-state index contributed by atoms with van der Waals surface area (Å²) in [6.45, 7) is 0.00728. The number of alkyl halides is 2. The monoisotopic (exact) mass is 275 g/mol. The first-order valence-electron chi connectivity index (χ1n) is 5.16. The first kappa shape index (κ1) is 13.1. The number of aliphatic hydroxyl groups is 1. The van der Waals surface area contributed by atoms with Gasteiger partial charge in [0.1, 0.15) is 5.60 Å². The topological polar surface area (TPSA) is 60.8 Å². The van der Waals surface area contributed by atoms with Crippen LogP contribution in [0.4, 0.5) is 13.6 Å². The van der Waals surface area contributed by atoms with Gasteiger partial charge in [-0.15, -0.1) is 0 Å². The summed E-state index contributed by atoms with van der Waals surface area (Å²) < 4.78 is 24.2. The lowest BCUT2D eigenvalue weighted by atomic mass is 9.86. The highest BCUT2D eigenvalue weighted by molar-refractivity contribution is 7.99. The zero-order valence-corrected chi connectivity index (χ0v) is 10.0. The molecule has 0 atom stereocenters. The second kappa shape index (κ2) is 4.74. The molecule has 1 aromatic rings. The molecule has 0 unspecified atom stereocenters. The number of rotatable bonds is 3. The number of benzene rings is 1. The summed E-state index contributed by atoms with van der Waals surface area (Å²) in [5.74, 6) is -2.48. The molecule has 1 heterocycles. The van der Waals surface area contributed by atoms with Crippen LogP contribution >= 0.6 is 11.8 Å². The zero-order valence-electron chi connectivity index (χ0n) is 9.22. The molecule has 0 aromatic heterocycles. The van der Waals surface area contributed by atoms with Crippen LogP contribution in [-0.2, 0) is 5.60 Å². The van der Waals surface area contributed by atoms with E-state index in [1.165, 1.54) is 12.1 Å². The van der Waals surface area contributed by atoms with Crippen molar-refractivity contribution < 1.29 is 23.8 Å². The SMILES string of the molecule is O=C(O)N1CC(O)(c2ccc(SC(F)F)cc2)C1. The minimum Gasteiger partial charge on any atom is -0.465 e. The highest BCUT2D eigenvalue weighted by atomic mass is 32.2. The third kappa shape index (κ3) is 2.56. The number of amides is 1. The van der Waals surface area contributed by atoms with Crippen molar-refractivity contribution >= 4 is 17.9 Å². The van der Waals surface area contributed by atoms with E-state index in [1.54, 1.807) is 12.1 Å². The van der Waals surface area contributed by atoms with E-state index in [0.717, 1.165) is 4.90 Å². The molecule has 7 heteroatoms. The van der Waals surface area contributed by atoms with Crippen molar-refractivity contribution in [3.8, 4) is 0 Å². The molecule has 18 heavy (non-hydrogen) atoms. The summed E-state index contributed by atoms with van der Waals surface area (Å²) in [7, 11) is 0. The molecule has 0 radical (unpaired) electrons. The molecular formula is C11H11F2NO3S. The summed E-state index contributed by atoms with van der Waals surface area (Å²) >= 11 is 0.429. The van der Waals surface area contributed by atoms with Crippen LogP contribution in [0.15, 0.2) is 29.2 Å². The second-order valence-electron chi connectivity index (χ2n) is 4.07. The number of carbonyl (C=O) groups is 1. The fourth-order valence-electron chi connectivity index (χ4n) is 1.85. The van der Waals surface area contributed by atoms with Gasteiger partial charge in [-0.3, -0.25) is 0 Å². The summed E-state index contributed by atoms with van der Waals surface area (Å²) in [5, 5.41) is 18.8. The van der Waals surface area contributed by atoms with Crippen LogP contribution in [0.5, 0.6) is 0 Å². The van der Waals surface area contributed by atoms with E-state index in [0.29, 0.717) is 22.2 Å². The molecule has 1 amide bonds. The fourth-order valence-corrected chi connectivity index (χ4v) is 2.35. The number of carboxylic acid groups (broad SMARTS) is 1. The van der Waals surface area contributed by atoms with E-state index in [2.05, 4.69) is 0 Å². The van der Waals surface area contributed by atoms with E-state index in [1.807, 2.05) is 0 Å². The van der Waals surface area contributed by atoms with Crippen LogP contribution in [0.1, 0.15) is 5.56 Å². The van der Waals surface area contributed by atoms with E-state index >= 15 is 0 Å². The maximum atomic E-state index is 12.1. The maximum Gasteiger partial charge on any atom is 0.407 e. The van der Waals surface area contributed by atoms with Crippen molar-refractivity contribution in [1.29, 1.82) is 0 Å². The number of thioether (sulfide) groups is 1. The Hall–Kier alpha value is -1.34. The lowest BCUT2D eigenvalue weighted by Gasteiger charge is -2.45. The largest absolute Gasteiger partial charge is 0.465 e. The molecule has 0 spiro atoms. The van der Waals surface area contributed by atoms with Crippen LogP contribution in [0.25, 0.3) is 0 Å². The Morgan fingerprint density at radius 1 is 1.33 bits per heavy atom. The van der Waals surface area contributed by atoms with Crippen molar-refractivity contribution in [3.05, 3.63) is 29.8 Å². The summed E-state index contributed by atoms with van der Waals surface area (Å²) in [6.07, 6.45) is -1.08. The summed E-state index contributed by atoms with van der Waals surface area (Å²) in [6, 6.07) is 6.08. The molecule has 2 N–H and O–H groups in total. The number of halogens is 2. The number of hydrogen-bond acceptors (Lipinski definition) is 3. The lowest BCUT2D eigenvalue weighted by molar-refractivity contribution is -0.0898. The highest BCUT2D eigenvalue weighted by Gasteiger charge is 2.45. The molecule has 1 saturated heterocycles. The number of hydrogen-bond donors (Lipinski definition) is 2. The van der Waals surface area contributed by atoms with E-state index in [-0.39, 0.29) is 13.1 Å². The predicted molar refractivity (Wildman–Crippen MR) is 61.8 cm³/mol. The van der Waals surface area contributed by atoms with E-state index in [9.17, 15) is 18.7 Å². The molecule has 0 aliphatic carbocycles. The normalized spacial score (nSPS) is 17.7. The van der Waals surface area contributed by atoms with Crippen molar-refractivity contribution in [2.45, 2.75) is 16.3 Å². The van der Waals surface area contributed by atoms with Crippen molar-refractivity contribution in [2.24, 2.45) is 0 Å². The standard InChI is InChI=1S/C11H11F2NO3S/c12-9(13)18-8-3-1-7(2-4-8)11(17)5-14(6-11)10(15)16/h1-4,9,17H,5-6H2,(H,15,16). The van der Waals surface area contributed by atoms with E-state index < -0.39 is 17.5 Å². The molecule has 1 aliphatic rings. The van der Waals surface area contributed by atoms with Gasteiger partial charge < -0.3 is 15.1 Å². The van der Waals surface area contributed by atoms with Gasteiger partial charge in [-0.25, -0.2) is 4.79 Å². The molecular weight excluding hydrogens is 264 g/mol. The Morgan fingerprint density at radius 2 is 1.89 bits per heavy atom. The second-order valence-corrected chi connectivity index (χ2v) is 5.14. The Morgan fingerprint density at radius 3 is 2.33 bits per heavy atom. The number of β-amino-alcohol motifs (C(OH)–C–C–N with tert-alkyl or cyclic N) is 1. The summed E-state index contributed by atoms with van der Waals surface area (Å²) in [5.41, 5.74) is -0.662. The van der Waals surface area contributed by atoms with Crippen molar-refractivity contribution in [1.82, 2.24) is 4.90 Å². The van der Waals surface area contributed by atoms with Crippen molar-refractivity contribution in [2.75, 3.05) is 13.1 Å². The van der Waals surface area contributed by atoms with Crippen LogP contribution in [0, 0.1) is 0 Å². The molecule has 98 valence electrons. The Labute approximate surface area is 106 Å². The van der Waals surface area contributed by atoms with Crippen LogP contribution in [0.3, 0.4) is 0 Å². The van der Waals surface area contributed by atoms with Gasteiger partial charge in [-0.05, 0) is 17.7 Å². The average molecular weight is 275 g/mol. The summed E-state index contributed by atoms with van der Waals surface area (Å²) in [4.78, 5) is 12.1. The zero-order chi connectivity index (χ0) is 13.3. The van der Waals surface area contributed by atoms with Gasteiger partial charge in [-0.2, -0.15) is 8.78 Å². The first-order chi connectivity index (χ1) is 8.40. The highest BCUT2D eigenvalue weighted by Crippen LogP contribution is 2.33. The van der Waals surface area contributed by atoms with Crippen LogP contribution in [-0.4, -0.2) is 40.1 Å². The quantitative estimate of drug-likeness (QED) is 0.830. The average Bonchev–Trinajstić information content (AvgIpc) is 2.24. The van der Waals surface area contributed by atoms with Gasteiger partial charge in [-0.1, -0.05) is 23.9 Å². The smallest absolute Gasteiger partial charge is 0.407 e. The molecule has 1 aliphatic heterocycles. The first-order valence-corrected chi connectivity index (χ1v) is 6.04. The molecule has 1 aromatic carbocycles. The van der Waals surface area contributed by atoms with Gasteiger partial charge in [0.05, 0.1) is 13.1 Å². The van der Waals surface area contributed by atoms with Gasteiger partial charge >= 0.3 is 6.09 Å². The van der Waals surface area contributed by atoms with Gasteiger partial charge in [0, 0.05) is 4.90 Å².